The third-order valence-electron chi connectivity index (χ3n) is 2.73. The van der Waals surface area contributed by atoms with Crippen LogP contribution in [-0.4, -0.2) is 14.4 Å². The number of hydrogen-bond acceptors (Lipinski definition) is 2. The summed E-state index contributed by atoms with van der Waals surface area (Å²) in [6.45, 7) is 0. The molecule has 0 radical (unpaired) electrons. The van der Waals surface area contributed by atoms with Gasteiger partial charge < -0.3 is 4.40 Å². The van der Waals surface area contributed by atoms with Gasteiger partial charge >= 0.3 is 0 Å². The summed E-state index contributed by atoms with van der Waals surface area (Å²) in [4.78, 5) is 8.62. The van der Waals surface area contributed by atoms with Crippen molar-refractivity contribution < 1.29 is 4.39 Å². The number of benzene rings is 1. The molecule has 2 heterocycles. The first-order valence-electron chi connectivity index (χ1n) is 5.45. The zero-order chi connectivity index (χ0) is 12.5. The van der Waals surface area contributed by atoms with E-state index < -0.39 is 0 Å². The summed E-state index contributed by atoms with van der Waals surface area (Å²) in [6, 6.07) is 6.71. The fourth-order valence-electron chi connectivity index (χ4n) is 1.90. The average Bonchev–Trinajstić information content (AvgIpc) is 2.80. The molecule has 0 amide bonds. The predicted molar refractivity (Wildman–Crippen MR) is 69.9 cm³/mol. The highest BCUT2D eigenvalue weighted by molar-refractivity contribution is 9.10. The molecule has 0 bridgehead atoms. The SMILES string of the molecule is Fc1ccccc1Cc1nc(Br)cn2ccnc12. The first-order valence-corrected chi connectivity index (χ1v) is 6.25. The van der Waals surface area contributed by atoms with Gasteiger partial charge in [0.05, 0.1) is 5.69 Å². The van der Waals surface area contributed by atoms with Gasteiger partial charge in [-0.3, -0.25) is 0 Å². The van der Waals surface area contributed by atoms with Gasteiger partial charge in [-0.05, 0) is 27.6 Å². The van der Waals surface area contributed by atoms with Crippen LogP contribution in [0.15, 0.2) is 47.5 Å². The molecular formula is C13H9BrFN3. The molecule has 0 atom stereocenters. The van der Waals surface area contributed by atoms with Gasteiger partial charge in [0.15, 0.2) is 5.65 Å². The highest BCUT2D eigenvalue weighted by Crippen LogP contribution is 2.17. The summed E-state index contributed by atoms with van der Waals surface area (Å²) in [7, 11) is 0. The first-order chi connectivity index (χ1) is 8.74. The third kappa shape index (κ3) is 2.01. The molecule has 0 aliphatic carbocycles. The minimum Gasteiger partial charge on any atom is -0.303 e. The van der Waals surface area contributed by atoms with Crippen LogP contribution in [0.3, 0.4) is 0 Å². The van der Waals surface area contributed by atoms with Gasteiger partial charge in [-0.1, -0.05) is 18.2 Å². The summed E-state index contributed by atoms with van der Waals surface area (Å²) in [5, 5.41) is 0. The van der Waals surface area contributed by atoms with E-state index in [0.717, 1.165) is 11.3 Å². The van der Waals surface area contributed by atoms with Gasteiger partial charge in [0.25, 0.3) is 0 Å². The molecule has 0 spiro atoms. The molecule has 0 saturated carbocycles. The van der Waals surface area contributed by atoms with Gasteiger partial charge in [0.2, 0.25) is 0 Å². The Labute approximate surface area is 111 Å². The summed E-state index contributed by atoms with van der Waals surface area (Å²) >= 11 is 3.35. The van der Waals surface area contributed by atoms with Crippen molar-refractivity contribution in [2.45, 2.75) is 6.42 Å². The molecule has 3 rings (SSSR count). The Kier molecular flexibility index (Phi) is 2.83. The van der Waals surface area contributed by atoms with Crippen LogP contribution in [0.2, 0.25) is 0 Å². The van der Waals surface area contributed by atoms with E-state index in [1.807, 2.05) is 22.9 Å². The maximum atomic E-state index is 13.6. The lowest BCUT2D eigenvalue weighted by Crippen LogP contribution is -2.00. The fraction of sp³-hybridized carbons (Fsp3) is 0.0769. The second kappa shape index (κ2) is 4.49. The number of imidazole rings is 1. The van der Waals surface area contributed by atoms with E-state index in [1.165, 1.54) is 6.07 Å². The van der Waals surface area contributed by atoms with Gasteiger partial charge in [0, 0.05) is 25.0 Å². The maximum Gasteiger partial charge on any atom is 0.158 e. The zero-order valence-corrected chi connectivity index (χ0v) is 10.9. The Morgan fingerprint density at radius 3 is 2.94 bits per heavy atom. The molecule has 90 valence electrons. The van der Waals surface area contributed by atoms with Gasteiger partial charge in [-0.2, -0.15) is 0 Å². The number of hydrogen-bond donors (Lipinski definition) is 0. The molecule has 18 heavy (non-hydrogen) atoms. The van der Waals surface area contributed by atoms with Gasteiger partial charge in [0.1, 0.15) is 10.4 Å². The molecule has 0 N–H and O–H groups in total. The Bertz CT molecular complexity index is 708. The number of aromatic nitrogens is 3. The lowest BCUT2D eigenvalue weighted by molar-refractivity contribution is 0.613. The van der Waals surface area contributed by atoms with E-state index in [2.05, 4.69) is 25.9 Å². The van der Waals surface area contributed by atoms with Crippen LogP contribution in [0.4, 0.5) is 4.39 Å². The van der Waals surface area contributed by atoms with Crippen molar-refractivity contribution in [3.63, 3.8) is 0 Å². The van der Waals surface area contributed by atoms with E-state index in [9.17, 15) is 4.39 Å². The Balaban J connectivity index is 2.10. The lowest BCUT2D eigenvalue weighted by Gasteiger charge is -2.05. The van der Waals surface area contributed by atoms with Crippen LogP contribution in [0, 0.1) is 5.82 Å². The standard InChI is InChI=1S/C13H9BrFN3/c14-12-8-18-6-5-16-13(18)11(17-12)7-9-3-1-2-4-10(9)15/h1-6,8H,7H2. The highest BCUT2D eigenvalue weighted by atomic mass is 79.9. The maximum absolute atomic E-state index is 13.6. The van der Waals surface area contributed by atoms with Crippen molar-refractivity contribution in [2.75, 3.05) is 0 Å². The van der Waals surface area contributed by atoms with Crippen LogP contribution in [0.1, 0.15) is 11.3 Å². The second-order valence-electron chi connectivity index (χ2n) is 3.94. The van der Waals surface area contributed by atoms with Crippen molar-refractivity contribution in [3.05, 3.63) is 64.5 Å². The molecule has 0 saturated heterocycles. The molecule has 0 aliphatic heterocycles. The van der Waals surface area contributed by atoms with E-state index in [0.29, 0.717) is 16.6 Å². The molecule has 1 aromatic carbocycles. The quantitative estimate of drug-likeness (QED) is 0.727. The molecule has 3 aromatic rings. The van der Waals surface area contributed by atoms with E-state index in [4.69, 9.17) is 0 Å². The van der Waals surface area contributed by atoms with Crippen molar-refractivity contribution in [2.24, 2.45) is 0 Å². The summed E-state index contributed by atoms with van der Waals surface area (Å²) < 4.78 is 16.2. The number of fused-ring (bicyclic) bond motifs is 1. The molecule has 0 aliphatic rings. The first kappa shape index (κ1) is 11.3. The monoisotopic (exact) mass is 305 g/mol. The molecular weight excluding hydrogens is 297 g/mol. The Morgan fingerprint density at radius 1 is 1.28 bits per heavy atom. The number of rotatable bonds is 2. The predicted octanol–water partition coefficient (Wildman–Crippen LogP) is 3.22. The minimum absolute atomic E-state index is 0.219. The topological polar surface area (TPSA) is 30.2 Å². The van der Waals surface area contributed by atoms with E-state index in [-0.39, 0.29) is 5.82 Å². The Morgan fingerprint density at radius 2 is 2.11 bits per heavy atom. The van der Waals surface area contributed by atoms with Crippen LogP contribution < -0.4 is 0 Å². The summed E-state index contributed by atoms with van der Waals surface area (Å²) in [6.07, 6.45) is 5.79. The zero-order valence-electron chi connectivity index (χ0n) is 9.35. The van der Waals surface area contributed by atoms with E-state index in [1.54, 1.807) is 18.3 Å². The van der Waals surface area contributed by atoms with Crippen molar-refractivity contribution in [1.82, 2.24) is 14.4 Å². The molecule has 3 nitrogen and oxygen atoms in total. The van der Waals surface area contributed by atoms with Gasteiger partial charge in [-0.25, -0.2) is 14.4 Å². The molecule has 0 fully saturated rings. The smallest absolute Gasteiger partial charge is 0.158 e. The number of halogens is 2. The normalized spacial score (nSPS) is 11.0. The molecule has 2 aromatic heterocycles. The van der Waals surface area contributed by atoms with E-state index >= 15 is 0 Å². The van der Waals surface area contributed by atoms with Crippen molar-refractivity contribution >= 4 is 21.6 Å². The van der Waals surface area contributed by atoms with Crippen molar-refractivity contribution in [3.8, 4) is 0 Å². The van der Waals surface area contributed by atoms with Crippen LogP contribution in [0.5, 0.6) is 0 Å². The van der Waals surface area contributed by atoms with Crippen LogP contribution in [-0.2, 0) is 6.42 Å². The highest BCUT2D eigenvalue weighted by Gasteiger charge is 2.09. The summed E-state index contributed by atoms with van der Waals surface area (Å²) in [5.74, 6) is -0.219. The molecule has 5 heteroatoms. The van der Waals surface area contributed by atoms with Gasteiger partial charge in [-0.15, -0.1) is 0 Å². The lowest BCUT2D eigenvalue weighted by atomic mass is 10.1. The average molecular weight is 306 g/mol. The minimum atomic E-state index is -0.219. The van der Waals surface area contributed by atoms with Crippen molar-refractivity contribution in [1.29, 1.82) is 0 Å². The third-order valence-corrected chi connectivity index (χ3v) is 3.11. The largest absolute Gasteiger partial charge is 0.303 e. The van der Waals surface area contributed by atoms with Crippen LogP contribution in [0.25, 0.3) is 5.65 Å². The molecule has 0 unspecified atom stereocenters. The van der Waals surface area contributed by atoms with Crippen LogP contribution >= 0.6 is 15.9 Å². The number of nitrogens with zero attached hydrogens (tertiary/aromatic N) is 3. The second-order valence-corrected chi connectivity index (χ2v) is 4.75. The Hall–Kier alpha value is -1.75. The fourth-order valence-corrected chi connectivity index (χ4v) is 2.34. The summed E-state index contributed by atoms with van der Waals surface area (Å²) in [5.41, 5.74) is 2.12.